The third-order valence-corrected chi connectivity index (χ3v) is 3.07. The Morgan fingerprint density at radius 2 is 2.05 bits per heavy atom. The Morgan fingerprint density at radius 3 is 2.79 bits per heavy atom. The first kappa shape index (κ1) is 13.7. The van der Waals surface area contributed by atoms with Gasteiger partial charge in [-0.1, -0.05) is 17.7 Å². The zero-order valence-corrected chi connectivity index (χ0v) is 11.8. The number of halogens is 1. The number of aromatic nitrogens is 1. The van der Waals surface area contributed by atoms with Crippen LogP contribution in [-0.2, 0) is 12.5 Å². The van der Waals surface area contributed by atoms with Crippen LogP contribution in [0.25, 0.3) is 0 Å². The van der Waals surface area contributed by atoms with Crippen LogP contribution >= 0.6 is 11.6 Å². The van der Waals surface area contributed by atoms with Crippen LogP contribution < -0.4 is 9.47 Å². The van der Waals surface area contributed by atoms with Crippen LogP contribution in [0.5, 0.6) is 11.6 Å². The maximum atomic E-state index is 5.93. The molecular formula is C15H16ClNO2. The summed E-state index contributed by atoms with van der Waals surface area (Å²) in [6.07, 6.45) is 1.69. The van der Waals surface area contributed by atoms with E-state index in [9.17, 15) is 0 Å². The standard InChI is InChI=1S/C15H16ClNO2/c1-11-5-6-14(13(8-11)9-16)19-10-12-4-3-7-17-15(12)18-2/h3-8H,9-10H2,1-2H3. The van der Waals surface area contributed by atoms with E-state index in [1.54, 1.807) is 13.3 Å². The van der Waals surface area contributed by atoms with Crippen molar-refractivity contribution in [2.75, 3.05) is 7.11 Å². The Kier molecular flexibility index (Phi) is 4.63. The summed E-state index contributed by atoms with van der Waals surface area (Å²) >= 11 is 5.93. The number of aryl methyl sites for hydroxylation is 1. The van der Waals surface area contributed by atoms with E-state index in [-0.39, 0.29) is 0 Å². The first-order valence-corrected chi connectivity index (χ1v) is 6.54. The van der Waals surface area contributed by atoms with Gasteiger partial charge in [-0.25, -0.2) is 4.98 Å². The Labute approximate surface area is 118 Å². The van der Waals surface area contributed by atoms with Crippen LogP contribution in [0.2, 0.25) is 0 Å². The zero-order valence-electron chi connectivity index (χ0n) is 11.0. The average molecular weight is 278 g/mol. The first-order chi connectivity index (χ1) is 9.24. The average Bonchev–Trinajstić information content (AvgIpc) is 2.46. The molecule has 0 fully saturated rings. The van der Waals surface area contributed by atoms with E-state index < -0.39 is 0 Å². The summed E-state index contributed by atoms with van der Waals surface area (Å²) in [4.78, 5) is 4.14. The van der Waals surface area contributed by atoms with Crippen molar-refractivity contribution in [2.24, 2.45) is 0 Å². The maximum absolute atomic E-state index is 5.93. The minimum Gasteiger partial charge on any atom is -0.488 e. The van der Waals surface area contributed by atoms with Gasteiger partial charge in [-0.2, -0.15) is 0 Å². The fraction of sp³-hybridized carbons (Fsp3) is 0.267. The summed E-state index contributed by atoms with van der Waals surface area (Å²) in [5.41, 5.74) is 3.07. The molecular weight excluding hydrogens is 262 g/mol. The molecule has 1 aromatic carbocycles. The smallest absolute Gasteiger partial charge is 0.219 e. The maximum Gasteiger partial charge on any atom is 0.219 e. The highest BCUT2D eigenvalue weighted by molar-refractivity contribution is 6.17. The highest BCUT2D eigenvalue weighted by Crippen LogP contribution is 2.24. The quantitative estimate of drug-likeness (QED) is 0.781. The minimum atomic E-state index is 0.407. The Morgan fingerprint density at radius 1 is 1.21 bits per heavy atom. The minimum absolute atomic E-state index is 0.407. The molecule has 0 saturated heterocycles. The van der Waals surface area contributed by atoms with Crippen LogP contribution in [0.3, 0.4) is 0 Å². The molecule has 0 atom stereocenters. The van der Waals surface area contributed by atoms with E-state index in [1.807, 2.05) is 37.3 Å². The second-order valence-corrected chi connectivity index (χ2v) is 4.47. The molecule has 0 aliphatic heterocycles. The number of rotatable bonds is 5. The Bertz CT molecular complexity index is 558. The van der Waals surface area contributed by atoms with Crippen molar-refractivity contribution in [3.05, 3.63) is 53.2 Å². The normalized spacial score (nSPS) is 10.3. The van der Waals surface area contributed by atoms with Crippen molar-refractivity contribution < 1.29 is 9.47 Å². The van der Waals surface area contributed by atoms with E-state index in [0.29, 0.717) is 18.4 Å². The number of hydrogen-bond donors (Lipinski definition) is 0. The summed E-state index contributed by atoms with van der Waals surface area (Å²) in [5, 5.41) is 0. The van der Waals surface area contributed by atoms with E-state index in [1.165, 1.54) is 5.56 Å². The molecule has 2 aromatic rings. The Hall–Kier alpha value is -1.74. The molecule has 0 saturated carbocycles. The highest BCUT2D eigenvalue weighted by Gasteiger charge is 2.07. The van der Waals surface area contributed by atoms with Gasteiger partial charge in [0.2, 0.25) is 5.88 Å². The first-order valence-electron chi connectivity index (χ1n) is 6.00. The number of hydrogen-bond acceptors (Lipinski definition) is 3. The second kappa shape index (κ2) is 6.43. The van der Waals surface area contributed by atoms with Gasteiger partial charge in [0.1, 0.15) is 12.4 Å². The largest absolute Gasteiger partial charge is 0.488 e. The summed E-state index contributed by atoms with van der Waals surface area (Å²) in [6.45, 7) is 2.44. The number of benzene rings is 1. The lowest BCUT2D eigenvalue weighted by atomic mass is 10.1. The van der Waals surface area contributed by atoms with Gasteiger partial charge in [-0.05, 0) is 25.1 Å². The van der Waals surface area contributed by atoms with Crippen molar-refractivity contribution >= 4 is 11.6 Å². The number of methoxy groups -OCH3 is 1. The third kappa shape index (κ3) is 3.38. The van der Waals surface area contributed by atoms with Gasteiger partial charge < -0.3 is 9.47 Å². The van der Waals surface area contributed by atoms with Gasteiger partial charge >= 0.3 is 0 Å². The zero-order chi connectivity index (χ0) is 13.7. The van der Waals surface area contributed by atoms with E-state index >= 15 is 0 Å². The molecule has 0 radical (unpaired) electrons. The van der Waals surface area contributed by atoms with Gasteiger partial charge in [-0.15, -0.1) is 11.6 Å². The van der Waals surface area contributed by atoms with Crippen LogP contribution in [0.15, 0.2) is 36.5 Å². The molecule has 1 heterocycles. The fourth-order valence-corrected chi connectivity index (χ4v) is 2.04. The molecule has 1 aromatic heterocycles. The van der Waals surface area contributed by atoms with Crippen LogP contribution in [0, 0.1) is 6.92 Å². The number of ether oxygens (including phenoxy) is 2. The second-order valence-electron chi connectivity index (χ2n) is 4.21. The molecule has 3 nitrogen and oxygen atoms in total. The van der Waals surface area contributed by atoms with Crippen molar-refractivity contribution in [1.82, 2.24) is 4.98 Å². The molecule has 19 heavy (non-hydrogen) atoms. The van der Waals surface area contributed by atoms with E-state index in [4.69, 9.17) is 21.1 Å². The van der Waals surface area contributed by atoms with Gasteiger partial charge in [0.05, 0.1) is 18.6 Å². The molecule has 4 heteroatoms. The van der Waals surface area contributed by atoms with Crippen molar-refractivity contribution in [3.63, 3.8) is 0 Å². The predicted molar refractivity (Wildman–Crippen MR) is 75.9 cm³/mol. The van der Waals surface area contributed by atoms with Crippen LogP contribution in [-0.4, -0.2) is 12.1 Å². The monoisotopic (exact) mass is 277 g/mol. The molecule has 0 bridgehead atoms. The lowest BCUT2D eigenvalue weighted by molar-refractivity contribution is 0.292. The van der Waals surface area contributed by atoms with Crippen molar-refractivity contribution in [2.45, 2.75) is 19.4 Å². The number of alkyl halides is 1. The highest BCUT2D eigenvalue weighted by atomic mass is 35.5. The summed E-state index contributed by atoms with van der Waals surface area (Å²) in [7, 11) is 1.60. The van der Waals surface area contributed by atoms with Gasteiger partial charge in [0.25, 0.3) is 0 Å². The molecule has 0 N–H and O–H groups in total. The third-order valence-electron chi connectivity index (χ3n) is 2.79. The lowest BCUT2D eigenvalue weighted by Gasteiger charge is -2.12. The molecule has 0 amide bonds. The van der Waals surface area contributed by atoms with E-state index in [2.05, 4.69) is 4.98 Å². The van der Waals surface area contributed by atoms with Crippen molar-refractivity contribution in [3.8, 4) is 11.6 Å². The fourth-order valence-electron chi connectivity index (χ4n) is 1.83. The predicted octanol–water partition coefficient (Wildman–Crippen LogP) is 3.72. The molecule has 2 rings (SSSR count). The number of pyridine rings is 1. The summed E-state index contributed by atoms with van der Waals surface area (Å²) in [6, 6.07) is 9.77. The van der Waals surface area contributed by atoms with Crippen LogP contribution in [0.4, 0.5) is 0 Å². The number of nitrogens with zero attached hydrogens (tertiary/aromatic N) is 1. The molecule has 0 spiro atoms. The Balaban J connectivity index is 2.14. The topological polar surface area (TPSA) is 31.4 Å². The lowest BCUT2D eigenvalue weighted by Crippen LogP contribution is -2.01. The summed E-state index contributed by atoms with van der Waals surface area (Å²) < 4.78 is 11.0. The van der Waals surface area contributed by atoms with Crippen molar-refractivity contribution in [1.29, 1.82) is 0 Å². The molecule has 0 aliphatic carbocycles. The van der Waals surface area contributed by atoms with Crippen LogP contribution in [0.1, 0.15) is 16.7 Å². The SMILES string of the molecule is COc1ncccc1COc1ccc(C)cc1CCl. The van der Waals surface area contributed by atoms with Gasteiger partial charge in [0, 0.05) is 11.8 Å². The van der Waals surface area contributed by atoms with Gasteiger partial charge in [-0.3, -0.25) is 0 Å². The molecule has 0 unspecified atom stereocenters. The molecule has 0 aliphatic rings. The molecule has 100 valence electrons. The summed E-state index contributed by atoms with van der Waals surface area (Å²) in [5.74, 6) is 1.81. The van der Waals surface area contributed by atoms with Gasteiger partial charge in [0.15, 0.2) is 0 Å². The van der Waals surface area contributed by atoms with E-state index in [0.717, 1.165) is 16.9 Å².